The monoisotopic (exact) mass is 293 g/mol. The maximum absolute atomic E-state index is 11.0. The molecule has 0 radical (unpaired) electrons. The Morgan fingerprint density at radius 1 is 1.35 bits per heavy atom. The molecule has 0 unspecified atom stereocenters. The molecule has 0 N–H and O–H groups in total. The van der Waals surface area contributed by atoms with Gasteiger partial charge in [0.1, 0.15) is 6.33 Å². The third kappa shape index (κ3) is 3.18. The number of likely N-dealkylation sites (N-methyl/N-ethyl adjacent to an activating group) is 1. The summed E-state index contributed by atoms with van der Waals surface area (Å²) in [5, 5.41) is 10.9. The van der Waals surface area contributed by atoms with Gasteiger partial charge in [0.15, 0.2) is 0 Å². The number of nitrogens with zero attached hydrogens (tertiary/aromatic N) is 5. The van der Waals surface area contributed by atoms with Crippen LogP contribution in [0.1, 0.15) is 5.56 Å². The summed E-state index contributed by atoms with van der Waals surface area (Å²) in [5.41, 5.74) is 0.820. The van der Waals surface area contributed by atoms with Gasteiger partial charge >= 0.3 is 5.69 Å². The lowest BCUT2D eigenvalue weighted by Crippen LogP contribution is -2.22. The van der Waals surface area contributed by atoms with E-state index in [0.717, 1.165) is 12.0 Å². The number of halogens is 1. The summed E-state index contributed by atoms with van der Waals surface area (Å²) >= 11 is 5.76. The van der Waals surface area contributed by atoms with Crippen LogP contribution >= 0.6 is 11.6 Å². The molecular formula is C12H12ClN5O2. The second-order valence-corrected chi connectivity index (χ2v) is 4.48. The van der Waals surface area contributed by atoms with Crippen LogP contribution in [0.4, 0.5) is 11.5 Å². The third-order valence-electron chi connectivity index (χ3n) is 2.79. The van der Waals surface area contributed by atoms with Crippen LogP contribution in [0, 0.1) is 10.1 Å². The molecule has 20 heavy (non-hydrogen) atoms. The lowest BCUT2D eigenvalue weighted by atomic mass is 10.2. The van der Waals surface area contributed by atoms with Crippen LogP contribution in [0.15, 0.2) is 30.9 Å². The van der Waals surface area contributed by atoms with Crippen molar-refractivity contribution in [2.75, 3.05) is 18.5 Å². The van der Waals surface area contributed by atoms with Gasteiger partial charge < -0.3 is 4.90 Å². The van der Waals surface area contributed by atoms with Crippen LogP contribution in [0.3, 0.4) is 0 Å². The highest BCUT2D eigenvalue weighted by molar-refractivity contribution is 6.31. The summed E-state index contributed by atoms with van der Waals surface area (Å²) in [6.45, 7) is 0.568. The molecule has 0 saturated heterocycles. The second kappa shape index (κ2) is 6.25. The number of rotatable bonds is 5. The first kappa shape index (κ1) is 14.1. The van der Waals surface area contributed by atoms with Crippen molar-refractivity contribution in [3.05, 3.63) is 51.7 Å². The van der Waals surface area contributed by atoms with E-state index in [1.54, 1.807) is 24.3 Å². The molecule has 8 heteroatoms. The minimum Gasteiger partial charge on any atom is -0.353 e. The summed E-state index contributed by atoms with van der Waals surface area (Å²) in [6.07, 6.45) is 5.35. The Kier molecular flexibility index (Phi) is 4.41. The van der Waals surface area contributed by atoms with E-state index in [-0.39, 0.29) is 16.7 Å². The molecule has 0 aliphatic heterocycles. The zero-order valence-electron chi connectivity index (χ0n) is 10.7. The van der Waals surface area contributed by atoms with E-state index in [4.69, 9.17) is 11.6 Å². The molecular weight excluding hydrogens is 282 g/mol. The smallest absolute Gasteiger partial charge is 0.348 e. The standard InChI is InChI=1S/C12H12ClN5O2/c1-17(7-4-9-2-5-14-6-3-9)12-10(18(19)20)11(13)15-8-16-12/h2-3,5-6,8H,4,7H2,1H3. The first-order valence-corrected chi connectivity index (χ1v) is 6.22. The summed E-state index contributed by atoms with van der Waals surface area (Å²) < 4.78 is 0. The van der Waals surface area contributed by atoms with Gasteiger partial charge in [0, 0.05) is 26.0 Å². The Hall–Kier alpha value is -2.28. The maximum atomic E-state index is 11.0. The molecule has 0 amide bonds. The number of hydrogen-bond acceptors (Lipinski definition) is 6. The van der Waals surface area contributed by atoms with E-state index in [1.165, 1.54) is 6.33 Å². The van der Waals surface area contributed by atoms with E-state index < -0.39 is 4.92 Å². The molecule has 2 heterocycles. The fourth-order valence-electron chi connectivity index (χ4n) is 1.74. The van der Waals surface area contributed by atoms with E-state index >= 15 is 0 Å². The average Bonchev–Trinajstić information content (AvgIpc) is 2.45. The van der Waals surface area contributed by atoms with E-state index in [0.29, 0.717) is 6.54 Å². The fourth-order valence-corrected chi connectivity index (χ4v) is 1.93. The Morgan fingerprint density at radius 2 is 2.05 bits per heavy atom. The first-order valence-electron chi connectivity index (χ1n) is 5.84. The van der Waals surface area contributed by atoms with Crippen molar-refractivity contribution in [2.45, 2.75) is 6.42 Å². The number of anilines is 1. The molecule has 0 atom stereocenters. The van der Waals surface area contributed by atoms with E-state index in [1.807, 2.05) is 12.1 Å². The Balaban J connectivity index is 2.15. The number of pyridine rings is 1. The highest BCUT2D eigenvalue weighted by Gasteiger charge is 2.24. The number of hydrogen-bond donors (Lipinski definition) is 0. The van der Waals surface area contributed by atoms with Crippen molar-refractivity contribution in [1.82, 2.24) is 15.0 Å². The highest BCUT2D eigenvalue weighted by atomic mass is 35.5. The van der Waals surface area contributed by atoms with E-state index in [9.17, 15) is 10.1 Å². The minimum absolute atomic E-state index is 0.157. The van der Waals surface area contributed by atoms with Gasteiger partial charge in [-0.15, -0.1) is 0 Å². The molecule has 2 aromatic heterocycles. The maximum Gasteiger partial charge on any atom is 0.348 e. The number of nitro groups is 1. The van der Waals surface area contributed by atoms with Crippen LogP contribution in [0.25, 0.3) is 0 Å². The minimum atomic E-state index is -0.569. The lowest BCUT2D eigenvalue weighted by molar-refractivity contribution is -0.384. The van der Waals surface area contributed by atoms with Crippen molar-refractivity contribution in [3.8, 4) is 0 Å². The zero-order valence-corrected chi connectivity index (χ0v) is 11.5. The van der Waals surface area contributed by atoms with Gasteiger partial charge in [-0.3, -0.25) is 15.1 Å². The third-order valence-corrected chi connectivity index (χ3v) is 3.06. The van der Waals surface area contributed by atoms with Crippen molar-refractivity contribution in [2.24, 2.45) is 0 Å². The summed E-state index contributed by atoms with van der Waals surface area (Å²) in [4.78, 5) is 23.7. The highest BCUT2D eigenvalue weighted by Crippen LogP contribution is 2.30. The van der Waals surface area contributed by atoms with Gasteiger partial charge in [0.05, 0.1) is 4.92 Å². The van der Waals surface area contributed by atoms with Gasteiger partial charge in [-0.05, 0) is 24.1 Å². The normalized spacial score (nSPS) is 10.3. The second-order valence-electron chi connectivity index (χ2n) is 4.12. The van der Waals surface area contributed by atoms with Crippen molar-refractivity contribution in [1.29, 1.82) is 0 Å². The summed E-state index contributed by atoms with van der Waals surface area (Å²) in [5.74, 6) is 0.212. The Bertz CT molecular complexity index is 608. The van der Waals surface area contributed by atoms with Gasteiger partial charge in [0.25, 0.3) is 0 Å². The van der Waals surface area contributed by atoms with Crippen LogP contribution in [0.2, 0.25) is 5.15 Å². The Morgan fingerprint density at radius 3 is 2.70 bits per heavy atom. The SMILES string of the molecule is CN(CCc1ccncc1)c1ncnc(Cl)c1[N+](=O)[O-]. The van der Waals surface area contributed by atoms with Crippen LogP contribution < -0.4 is 4.90 Å². The molecule has 0 aliphatic rings. The van der Waals surface area contributed by atoms with Crippen molar-refractivity contribution >= 4 is 23.1 Å². The Labute approximate surface area is 120 Å². The molecule has 2 aromatic rings. The molecule has 2 rings (SSSR count). The molecule has 0 aromatic carbocycles. The molecule has 7 nitrogen and oxygen atoms in total. The topological polar surface area (TPSA) is 85.0 Å². The van der Waals surface area contributed by atoms with Crippen LogP contribution in [0.5, 0.6) is 0 Å². The molecule has 0 aliphatic carbocycles. The van der Waals surface area contributed by atoms with E-state index in [2.05, 4.69) is 15.0 Å². The molecule has 0 fully saturated rings. The first-order chi connectivity index (χ1) is 9.59. The predicted octanol–water partition coefficient (Wildman–Crippen LogP) is 2.11. The molecule has 104 valence electrons. The lowest BCUT2D eigenvalue weighted by Gasteiger charge is -2.17. The number of aromatic nitrogens is 3. The van der Waals surface area contributed by atoms with Crippen molar-refractivity contribution < 1.29 is 4.92 Å². The quantitative estimate of drug-likeness (QED) is 0.477. The summed E-state index contributed by atoms with van der Waals surface area (Å²) in [7, 11) is 1.73. The van der Waals surface area contributed by atoms with Crippen LogP contribution in [-0.2, 0) is 6.42 Å². The fraction of sp³-hybridized carbons (Fsp3) is 0.250. The summed E-state index contributed by atoms with van der Waals surface area (Å²) in [6, 6.07) is 3.80. The van der Waals surface area contributed by atoms with Crippen molar-refractivity contribution in [3.63, 3.8) is 0 Å². The predicted molar refractivity (Wildman–Crippen MR) is 74.9 cm³/mol. The largest absolute Gasteiger partial charge is 0.353 e. The van der Waals surface area contributed by atoms with Gasteiger partial charge in [0.2, 0.25) is 11.0 Å². The van der Waals surface area contributed by atoms with Gasteiger partial charge in [-0.1, -0.05) is 11.6 Å². The molecule has 0 bridgehead atoms. The van der Waals surface area contributed by atoms with Gasteiger partial charge in [-0.25, -0.2) is 9.97 Å². The molecule has 0 spiro atoms. The molecule has 0 saturated carbocycles. The average molecular weight is 294 g/mol. The van der Waals surface area contributed by atoms with Crippen LogP contribution in [-0.4, -0.2) is 33.5 Å². The van der Waals surface area contributed by atoms with Gasteiger partial charge in [-0.2, -0.15) is 0 Å². The zero-order chi connectivity index (χ0) is 14.5.